The molecule has 0 spiro atoms. The predicted molar refractivity (Wildman–Crippen MR) is 59.4 cm³/mol. The summed E-state index contributed by atoms with van der Waals surface area (Å²) >= 11 is 0. The van der Waals surface area contributed by atoms with Gasteiger partial charge in [-0.2, -0.15) is 0 Å². The number of nitrogens with zero attached hydrogens (tertiary/aromatic N) is 2. The SMILES string of the molecule is CN1CCCC(N(C)C(=O)C2CC2N)C1. The van der Waals surface area contributed by atoms with E-state index in [0.29, 0.717) is 6.04 Å². The number of amides is 1. The molecule has 1 heterocycles. The van der Waals surface area contributed by atoms with E-state index in [-0.39, 0.29) is 17.9 Å². The number of carbonyl (C=O) groups excluding carboxylic acids is 1. The zero-order valence-electron chi connectivity index (χ0n) is 9.65. The molecule has 0 radical (unpaired) electrons. The van der Waals surface area contributed by atoms with Crippen LogP contribution in [0.4, 0.5) is 0 Å². The number of likely N-dealkylation sites (N-methyl/N-ethyl adjacent to an activating group) is 2. The van der Waals surface area contributed by atoms with E-state index in [1.165, 1.54) is 6.42 Å². The van der Waals surface area contributed by atoms with Crippen LogP contribution in [0.3, 0.4) is 0 Å². The molecule has 1 amide bonds. The lowest BCUT2D eigenvalue weighted by molar-refractivity contribution is -0.134. The van der Waals surface area contributed by atoms with Gasteiger partial charge in [0, 0.05) is 25.7 Å². The van der Waals surface area contributed by atoms with E-state index in [9.17, 15) is 4.79 Å². The van der Waals surface area contributed by atoms with Crippen molar-refractivity contribution in [3.8, 4) is 0 Å². The first-order chi connectivity index (χ1) is 7.09. The van der Waals surface area contributed by atoms with Gasteiger partial charge in [0.1, 0.15) is 0 Å². The molecule has 4 nitrogen and oxygen atoms in total. The summed E-state index contributed by atoms with van der Waals surface area (Å²) in [5, 5.41) is 0. The van der Waals surface area contributed by atoms with Crippen molar-refractivity contribution < 1.29 is 4.79 Å². The molecule has 1 saturated heterocycles. The number of carbonyl (C=O) groups is 1. The van der Waals surface area contributed by atoms with Crippen LogP contribution < -0.4 is 5.73 Å². The van der Waals surface area contributed by atoms with Crippen LogP contribution in [-0.4, -0.2) is 55.0 Å². The van der Waals surface area contributed by atoms with Crippen molar-refractivity contribution in [2.24, 2.45) is 11.7 Å². The van der Waals surface area contributed by atoms with E-state index < -0.39 is 0 Å². The highest BCUT2D eigenvalue weighted by atomic mass is 16.2. The molecule has 1 aliphatic carbocycles. The number of hydrogen-bond donors (Lipinski definition) is 1. The number of nitrogens with two attached hydrogens (primary N) is 1. The van der Waals surface area contributed by atoms with Gasteiger partial charge in [-0.05, 0) is 32.9 Å². The van der Waals surface area contributed by atoms with Gasteiger partial charge in [0.2, 0.25) is 5.91 Å². The second-order valence-electron chi connectivity index (χ2n) is 5.01. The number of likely N-dealkylation sites (tertiary alicyclic amines) is 1. The fourth-order valence-electron chi connectivity index (χ4n) is 2.40. The third-order valence-corrected chi connectivity index (χ3v) is 3.65. The molecule has 3 atom stereocenters. The number of piperidine rings is 1. The fourth-order valence-corrected chi connectivity index (χ4v) is 2.40. The maximum atomic E-state index is 11.9. The van der Waals surface area contributed by atoms with E-state index in [4.69, 9.17) is 5.73 Å². The van der Waals surface area contributed by atoms with Crippen LogP contribution in [0.5, 0.6) is 0 Å². The first kappa shape index (κ1) is 10.9. The highest BCUT2D eigenvalue weighted by Gasteiger charge is 2.43. The van der Waals surface area contributed by atoms with Crippen molar-refractivity contribution in [1.82, 2.24) is 9.80 Å². The third kappa shape index (κ3) is 2.32. The predicted octanol–water partition coefficient (Wildman–Crippen LogP) is -0.114. The van der Waals surface area contributed by atoms with Crippen LogP contribution in [-0.2, 0) is 4.79 Å². The minimum atomic E-state index is 0.113. The van der Waals surface area contributed by atoms with Gasteiger partial charge in [-0.3, -0.25) is 4.79 Å². The van der Waals surface area contributed by atoms with Crippen molar-refractivity contribution in [2.45, 2.75) is 31.3 Å². The Bertz CT molecular complexity index is 256. The van der Waals surface area contributed by atoms with E-state index in [0.717, 1.165) is 25.9 Å². The summed E-state index contributed by atoms with van der Waals surface area (Å²) < 4.78 is 0. The van der Waals surface area contributed by atoms with Crippen LogP contribution in [0.1, 0.15) is 19.3 Å². The topological polar surface area (TPSA) is 49.6 Å². The molecule has 15 heavy (non-hydrogen) atoms. The Morgan fingerprint density at radius 2 is 2.20 bits per heavy atom. The number of hydrogen-bond acceptors (Lipinski definition) is 3. The molecular formula is C11H21N3O. The molecule has 1 aliphatic heterocycles. The van der Waals surface area contributed by atoms with E-state index in [1.807, 2.05) is 11.9 Å². The molecular weight excluding hydrogens is 190 g/mol. The second kappa shape index (κ2) is 4.10. The molecule has 4 heteroatoms. The van der Waals surface area contributed by atoms with Gasteiger partial charge in [-0.15, -0.1) is 0 Å². The Balaban J connectivity index is 1.89. The minimum Gasteiger partial charge on any atom is -0.341 e. The monoisotopic (exact) mass is 211 g/mol. The highest BCUT2D eigenvalue weighted by molar-refractivity contribution is 5.82. The molecule has 2 N–H and O–H groups in total. The summed E-state index contributed by atoms with van der Waals surface area (Å²) in [6.45, 7) is 2.16. The zero-order chi connectivity index (χ0) is 11.0. The maximum absolute atomic E-state index is 11.9. The molecule has 2 fully saturated rings. The van der Waals surface area contributed by atoms with Crippen LogP contribution in [0, 0.1) is 5.92 Å². The lowest BCUT2D eigenvalue weighted by Crippen LogP contribution is -2.48. The van der Waals surface area contributed by atoms with Gasteiger partial charge >= 0.3 is 0 Å². The van der Waals surface area contributed by atoms with Gasteiger partial charge < -0.3 is 15.5 Å². The van der Waals surface area contributed by atoms with Gasteiger partial charge in [-0.25, -0.2) is 0 Å². The standard InChI is InChI=1S/C11H21N3O/c1-13-5-3-4-8(7-13)14(2)11(15)9-6-10(9)12/h8-10H,3-7,12H2,1-2H3. The summed E-state index contributed by atoms with van der Waals surface area (Å²) in [4.78, 5) is 16.2. The Labute approximate surface area is 91.4 Å². The van der Waals surface area contributed by atoms with Crippen LogP contribution >= 0.6 is 0 Å². The molecule has 1 saturated carbocycles. The molecule has 2 aliphatic rings. The maximum Gasteiger partial charge on any atom is 0.227 e. The van der Waals surface area contributed by atoms with Crippen molar-refractivity contribution in [3.63, 3.8) is 0 Å². The molecule has 86 valence electrons. The average Bonchev–Trinajstić information content (AvgIpc) is 2.93. The molecule has 0 aromatic heterocycles. The Morgan fingerprint density at radius 3 is 2.73 bits per heavy atom. The van der Waals surface area contributed by atoms with E-state index in [1.54, 1.807) is 0 Å². The van der Waals surface area contributed by atoms with E-state index in [2.05, 4.69) is 11.9 Å². The van der Waals surface area contributed by atoms with Crippen LogP contribution in [0.15, 0.2) is 0 Å². The smallest absolute Gasteiger partial charge is 0.227 e. The van der Waals surface area contributed by atoms with Gasteiger partial charge in [0.15, 0.2) is 0 Å². The summed E-state index contributed by atoms with van der Waals surface area (Å²) in [7, 11) is 4.05. The molecule has 3 unspecified atom stereocenters. The third-order valence-electron chi connectivity index (χ3n) is 3.65. The largest absolute Gasteiger partial charge is 0.341 e. The normalized spacial score (nSPS) is 36.3. The minimum absolute atomic E-state index is 0.113. The average molecular weight is 211 g/mol. The Hall–Kier alpha value is -0.610. The molecule has 0 aromatic carbocycles. The van der Waals surface area contributed by atoms with E-state index >= 15 is 0 Å². The summed E-state index contributed by atoms with van der Waals surface area (Å²) in [5.41, 5.74) is 5.70. The second-order valence-corrected chi connectivity index (χ2v) is 5.01. The summed E-state index contributed by atoms with van der Waals surface area (Å²) in [6, 6.07) is 0.519. The number of rotatable bonds is 2. The first-order valence-electron chi connectivity index (χ1n) is 5.80. The van der Waals surface area contributed by atoms with Crippen molar-refractivity contribution in [2.75, 3.05) is 27.2 Å². The van der Waals surface area contributed by atoms with Crippen LogP contribution in [0.2, 0.25) is 0 Å². The van der Waals surface area contributed by atoms with Crippen molar-refractivity contribution in [3.05, 3.63) is 0 Å². The lowest BCUT2D eigenvalue weighted by atomic mass is 10.0. The first-order valence-corrected chi connectivity index (χ1v) is 5.80. The highest BCUT2D eigenvalue weighted by Crippen LogP contribution is 2.30. The van der Waals surface area contributed by atoms with Gasteiger partial charge in [0.05, 0.1) is 5.92 Å². The quantitative estimate of drug-likeness (QED) is 0.693. The lowest BCUT2D eigenvalue weighted by Gasteiger charge is -2.36. The van der Waals surface area contributed by atoms with Crippen molar-refractivity contribution >= 4 is 5.91 Å². The van der Waals surface area contributed by atoms with Crippen molar-refractivity contribution in [1.29, 1.82) is 0 Å². The molecule has 0 aromatic rings. The van der Waals surface area contributed by atoms with Crippen LogP contribution in [0.25, 0.3) is 0 Å². The summed E-state index contributed by atoms with van der Waals surface area (Å²) in [5.74, 6) is 0.366. The molecule has 2 rings (SSSR count). The van der Waals surface area contributed by atoms with Gasteiger partial charge in [-0.1, -0.05) is 0 Å². The molecule has 0 bridgehead atoms. The fraction of sp³-hybridized carbons (Fsp3) is 0.909. The zero-order valence-corrected chi connectivity index (χ0v) is 9.65. The van der Waals surface area contributed by atoms with Gasteiger partial charge in [0.25, 0.3) is 0 Å². The Morgan fingerprint density at radius 1 is 1.53 bits per heavy atom. The Kier molecular flexibility index (Phi) is 2.98. The summed E-state index contributed by atoms with van der Waals surface area (Å²) in [6.07, 6.45) is 3.20.